The molecule has 0 aliphatic carbocycles. The number of carbonyl (C=O) groups is 1. The fourth-order valence-corrected chi connectivity index (χ4v) is 3.00. The summed E-state index contributed by atoms with van der Waals surface area (Å²) in [7, 11) is 0. The van der Waals surface area contributed by atoms with Crippen LogP contribution >= 0.6 is 11.3 Å². The predicted octanol–water partition coefficient (Wildman–Crippen LogP) is 3.94. The predicted molar refractivity (Wildman–Crippen MR) is 103 cm³/mol. The second-order valence-electron chi connectivity index (χ2n) is 5.67. The molecule has 1 amide bonds. The third kappa shape index (κ3) is 5.79. The second kappa shape index (κ2) is 9.48. The Hall–Kier alpha value is -3.44. The molecule has 0 spiro atoms. The molecule has 0 unspecified atom stereocenters. The van der Waals surface area contributed by atoms with Crippen LogP contribution in [0.5, 0.6) is 11.5 Å². The molecule has 0 radical (unpaired) electrons. The van der Waals surface area contributed by atoms with Gasteiger partial charge in [-0.2, -0.15) is 5.26 Å². The van der Waals surface area contributed by atoms with Crippen molar-refractivity contribution in [2.24, 2.45) is 0 Å². The number of aromatic nitrogens is 1. The van der Waals surface area contributed by atoms with E-state index in [0.717, 1.165) is 5.01 Å². The summed E-state index contributed by atoms with van der Waals surface area (Å²) in [5, 5.41) is 13.8. The lowest BCUT2D eigenvalue weighted by Gasteiger charge is -2.06. The summed E-state index contributed by atoms with van der Waals surface area (Å²) in [6.45, 7) is 0.227. The molecule has 0 bridgehead atoms. The summed E-state index contributed by atoms with van der Waals surface area (Å²) < 4.78 is 23.6. The van der Waals surface area contributed by atoms with Gasteiger partial charge in [-0.1, -0.05) is 0 Å². The van der Waals surface area contributed by atoms with Gasteiger partial charge in [0.15, 0.2) is 6.61 Å². The minimum Gasteiger partial charge on any atom is -0.486 e. The molecule has 8 heteroatoms. The summed E-state index contributed by atoms with van der Waals surface area (Å²) in [5.41, 5.74) is 1.28. The first-order valence-electron chi connectivity index (χ1n) is 8.33. The highest BCUT2D eigenvalue weighted by molar-refractivity contribution is 7.09. The summed E-state index contributed by atoms with van der Waals surface area (Å²) in [5.74, 6) is 0.601. The topological polar surface area (TPSA) is 84.2 Å². The molecule has 0 fully saturated rings. The zero-order valence-corrected chi connectivity index (χ0v) is 15.5. The molecule has 1 N–H and O–H groups in total. The SMILES string of the molecule is N#CCOc1ccc(NC(=O)Cc2csc(COc3ccc(F)cc3)n2)cc1. The second-order valence-corrected chi connectivity index (χ2v) is 6.61. The van der Waals surface area contributed by atoms with Crippen molar-refractivity contribution in [2.45, 2.75) is 13.0 Å². The van der Waals surface area contributed by atoms with Gasteiger partial charge in [0, 0.05) is 11.1 Å². The van der Waals surface area contributed by atoms with Crippen LogP contribution in [-0.4, -0.2) is 17.5 Å². The Morgan fingerprint density at radius 3 is 2.50 bits per heavy atom. The standard InChI is InChI=1S/C20H16FN3O3S/c21-14-1-5-18(6-2-14)27-12-20-24-16(13-28-20)11-19(25)23-15-3-7-17(8-4-15)26-10-9-22/h1-8,13H,10-12H2,(H,23,25). The van der Waals surface area contributed by atoms with Gasteiger partial charge in [0.2, 0.25) is 5.91 Å². The molecule has 2 aromatic carbocycles. The first-order valence-corrected chi connectivity index (χ1v) is 9.21. The molecular weight excluding hydrogens is 381 g/mol. The maximum Gasteiger partial charge on any atom is 0.230 e. The monoisotopic (exact) mass is 397 g/mol. The lowest BCUT2D eigenvalue weighted by molar-refractivity contribution is -0.115. The molecular formula is C20H16FN3O3S. The molecule has 1 heterocycles. The van der Waals surface area contributed by atoms with Crippen LogP contribution in [-0.2, 0) is 17.8 Å². The van der Waals surface area contributed by atoms with E-state index < -0.39 is 0 Å². The van der Waals surface area contributed by atoms with E-state index in [1.54, 1.807) is 36.4 Å². The van der Waals surface area contributed by atoms with Crippen LogP contribution in [0.1, 0.15) is 10.7 Å². The number of halogens is 1. The van der Waals surface area contributed by atoms with Crippen molar-refractivity contribution in [1.29, 1.82) is 5.26 Å². The maximum atomic E-state index is 12.9. The third-order valence-corrected chi connectivity index (χ3v) is 4.43. The lowest BCUT2D eigenvalue weighted by Crippen LogP contribution is -2.14. The number of anilines is 1. The fourth-order valence-electron chi connectivity index (χ4n) is 2.29. The number of nitrogens with zero attached hydrogens (tertiary/aromatic N) is 2. The number of benzene rings is 2. The minimum absolute atomic E-state index is 0.0251. The van der Waals surface area contributed by atoms with E-state index in [4.69, 9.17) is 14.7 Å². The zero-order chi connectivity index (χ0) is 19.8. The van der Waals surface area contributed by atoms with E-state index in [1.807, 2.05) is 11.4 Å². The van der Waals surface area contributed by atoms with Crippen molar-refractivity contribution < 1.29 is 18.7 Å². The molecule has 28 heavy (non-hydrogen) atoms. The third-order valence-electron chi connectivity index (χ3n) is 3.56. The molecule has 0 saturated carbocycles. The Kier molecular flexibility index (Phi) is 6.54. The quantitative estimate of drug-likeness (QED) is 0.622. The van der Waals surface area contributed by atoms with Crippen LogP contribution in [0.4, 0.5) is 10.1 Å². The summed E-state index contributed by atoms with van der Waals surface area (Å²) in [6, 6.07) is 14.4. The van der Waals surface area contributed by atoms with E-state index >= 15 is 0 Å². The van der Waals surface area contributed by atoms with Gasteiger partial charge in [-0.05, 0) is 48.5 Å². The Morgan fingerprint density at radius 2 is 1.79 bits per heavy atom. The van der Waals surface area contributed by atoms with Crippen LogP contribution in [0.25, 0.3) is 0 Å². The van der Waals surface area contributed by atoms with Gasteiger partial charge in [0.1, 0.15) is 35.0 Å². The van der Waals surface area contributed by atoms with E-state index in [-0.39, 0.29) is 31.4 Å². The summed E-state index contributed by atoms with van der Waals surface area (Å²) >= 11 is 1.40. The van der Waals surface area contributed by atoms with Crippen molar-refractivity contribution in [3.05, 3.63) is 70.4 Å². The largest absolute Gasteiger partial charge is 0.486 e. The van der Waals surface area contributed by atoms with Gasteiger partial charge >= 0.3 is 0 Å². The fraction of sp³-hybridized carbons (Fsp3) is 0.150. The summed E-state index contributed by atoms with van der Waals surface area (Å²) in [4.78, 5) is 16.6. The van der Waals surface area contributed by atoms with Crippen LogP contribution in [0.3, 0.4) is 0 Å². The highest BCUT2D eigenvalue weighted by Gasteiger charge is 2.09. The maximum absolute atomic E-state index is 12.9. The number of nitriles is 1. The molecule has 3 rings (SSSR count). The van der Waals surface area contributed by atoms with Gasteiger partial charge < -0.3 is 14.8 Å². The Bertz CT molecular complexity index is 966. The molecule has 142 valence electrons. The van der Waals surface area contributed by atoms with Gasteiger partial charge in [0.05, 0.1) is 12.1 Å². The molecule has 3 aromatic rings. The Balaban J connectivity index is 1.48. The Labute approximate surface area is 165 Å². The molecule has 0 saturated heterocycles. The molecule has 0 aliphatic rings. The van der Waals surface area contributed by atoms with Crippen molar-refractivity contribution in [1.82, 2.24) is 4.98 Å². The number of amides is 1. The normalized spacial score (nSPS) is 10.1. The minimum atomic E-state index is -0.320. The molecule has 1 aromatic heterocycles. The van der Waals surface area contributed by atoms with Crippen LogP contribution < -0.4 is 14.8 Å². The van der Waals surface area contributed by atoms with Crippen LogP contribution in [0, 0.1) is 17.1 Å². The lowest BCUT2D eigenvalue weighted by atomic mass is 10.2. The first-order chi connectivity index (χ1) is 13.6. The first kappa shape index (κ1) is 19.3. The number of thiazole rings is 1. The molecule has 0 aliphatic heterocycles. The van der Waals surface area contributed by atoms with Gasteiger partial charge in [-0.3, -0.25) is 4.79 Å². The van der Waals surface area contributed by atoms with E-state index in [1.165, 1.54) is 23.5 Å². The number of hydrogen-bond acceptors (Lipinski definition) is 6. The van der Waals surface area contributed by atoms with Crippen LogP contribution in [0.2, 0.25) is 0 Å². The highest BCUT2D eigenvalue weighted by Crippen LogP contribution is 2.18. The average molecular weight is 397 g/mol. The number of hydrogen-bond donors (Lipinski definition) is 1. The number of ether oxygens (including phenoxy) is 2. The van der Waals surface area contributed by atoms with Crippen LogP contribution in [0.15, 0.2) is 53.9 Å². The van der Waals surface area contributed by atoms with Crippen molar-refractivity contribution in [2.75, 3.05) is 11.9 Å². The van der Waals surface area contributed by atoms with E-state index in [9.17, 15) is 9.18 Å². The molecule has 0 atom stereocenters. The van der Waals surface area contributed by atoms with Crippen molar-refractivity contribution in [3.63, 3.8) is 0 Å². The Morgan fingerprint density at radius 1 is 1.11 bits per heavy atom. The molecule has 6 nitrogen and oxygen atoms in total. The van der Waals surface area contributed by atoms with Gasteiger partial charge in [-0.25, -0.2) is 9.37 Å². The number of carbonyl (C=O) groups excluding carboxylic acids is 1. The summed E-state index contributed by atoms with van der Waals surface area (Å²) in [6.07, 6.45) is 0.139. The number of rotatable bonds is 8. The highest BCUT2D eigenvalue weighted by atomic mass is 32.1. The van der Waals surface area contributed by atoms with Gasteiger partial charge in [0.25, 0.3) is 0 Å². The van der Waals surface area contributed by atoms with E-state index in [2.05, 4.69) is 10.3 Å². The van der Waals surface area contributed by atoms with Crippen molar-refractivity contribution in [3.8, 4) is 17.6 Å². The van der Waals surface area contributed by atoms with Gasteiger partial charge in [-0.15, -0.1) is 11.3 Å². The smallest absolute Gasteiger partial charge is 0.230 e. The average Bonchev–Trinajstić information content (AvgIpc) is 3.14. The number of nitrogens with one attached hydrogen (secondary N) is 1. The zero-order valence-electron chi connectivity index (χ0n) is 14.7. The van der Waals surface area contributed by atoms with E-state index in [0.29, 0.717) is 22.9 Å². The van der Waals surface area contributed by atoms with Crippen molar-refractivity contribution >= 4 is 22.9 Å².